The van der Waals surface area contributed by atoms with Crippen LogP contribution in [-0.2, 0) is 0 Å². The van der Waals surface area contributed by atoms with Crippen molar-refractivity contribution in [2.24, 2.45) is 4.99 Å². The van der Waals surface area contributed by atoms with Crippen LogP contribution in [0.1, 0.15) is 0 Å². The first-order valence-electron chi connectivity index (χ1n) is 2.66. The van der Waals surface area contributed by atoms with Crippen molar-refractivity contribution in [2.45, 2.75) is 5.50 Å². The Labute approximate surface area is 66.8 Å². The van der Waals surface area contributed by atoms with E-state index in [9.17, 15) is 10.1 Å². The lowest BCUT2D eigenvalue weighted by molar-refractivity contribution is -0.479. The Hall–Kier alpha value is -0.290. The Morgan fingerprint density at radius 1 is 1.90 bits per heavy atom. The first-order valence-corrected chi connectivity index (χ1v) is 4.08. The van der Waals surface area contributed by atoms with Crippen molar-refractivity contribution in [1.82, 2.24) is 0 Å². The van der Waals surface area contributed by atoms with Crippen LogP contribution in [0.3, 0.4) is 0 Å². The number of hydrogen-bond acceptors (Lipinski definition) is 4. The van der Waals surface area contributed by atoms with Gasteiger partial charge in [-0.05, 0) is 11.6 Å². The van der Waals surface area contributed by atoms with Crippen LogP contribution in [0, 0.1) is 10.1 Å². The first-order chi connectivity index (χ1) is 4.72. The zero-order valence-corrected chi connectivity index (χ0v) is 6.56. The molecule has 0 aromatic heterocycles. The third-order valence-corrected chi connectivity index (χ3v) is 2.53. The first kappa shape index (κ1) is 7.81. The number of nitrogens with zero attached hydrogens (tertiary/aromatic N) is 2. The highest BCUT2D eigenvalue weighted by molar-refractivity contribution is 8.14. The number of alkyl halides is 1. The molecule has 1 heterocycles. The Morgan fingerprint density at radius 2 is 2.60 bits per heavy atom. The molecule has 0 bridgehead atoms. The van der Waals surface area contributed by atoms with Gasteiger partial charge in [-0.1, -0.05) is 0 Å². The van der Waals surface area contributed by atoms with Gasteiger partial charge in [-0.3, -0.25) is 15.1 Å². The van der Waals surface area contributed by atoms with Gasteiger partial charge in [0.25, 0.3) is 0 Å². The summed E-state index contributed by atoms with van der Waals surface area (Å²) in [4.78, 5) is 13.4. The standard InChI is InChI=1S/C4H5ClN2O2S/c5-3(7(8)9)4-6-1-2-10-4/h3H,1-2H2. The minimum atomic E-state index is -1.13. The maximum Gasteiger partial charge on any atom is 0.333 e. The molecule has 1 atom stereocenters. The summed E-state index contributed by atoms with van der Waals surface area (Å²) in [6.45, 7) is 0.650. The molecular weight excluding hydrogens is 176 g/mol. The Kier molecular flexibility index (Phi) is 2.50. The molecule has 1 unspecified atom stereocenters. The van der Waals surface area contributed by atoms with Crippen molar-refractivity contribution in [1.29, 1.82) is 0 Å². The molecule has 1 aliphatic heterocycles. The van der Waals surface area contributed by atoms with Gasteiger partial charge in [0.1, 0.15) is 0 Å². The van der Waals surface area contributed by atoms with E-state index in [1.54, 1.807) is 0 Å². The van der Waals surface area contributed by atoms with Crippen molar-refractivity contribution in [3.63, 3.8) is 0 Å². The van der Waals surface area contributed by atoms with E-state index in [-0.39, 0.29) is 0 Å². The van der Waals surface area contributed by atoms with Crippen molar-refractivity contribution in [2.75, 3.05) is 12.3 Å². The summed E-state index contributed by atoms with van der Waals surface area (Å²) in [5.74, 6) is 0.812. The third kappa shape index (κ3) is 1.60. The minimum absolute atomic E-state index is 0.437. The van der Waals surface area contributed by atoms with E-state index in [0.717, 1.165) is 5.75 Å². The van der Waals surface area contributed by atoms with E-state index in [2.05, 4.69) is 4.99 Å². The molecule has 0 amide bonds. The van der Waals surface area contributed by atoms with E-state index >= 15 is 0 Å². The highest BCUT2D eigenvalue weighted by atomic mass is 35.5. The molecule has 0 aromatic carbocycles. The molecule has 0 saturated carbocycles. The van der Waals surface area contributed by atoms with Crippen LogP contribution in [-0.4, -0.2) is 27.8 Å². The average Bonchev–Trinajstić information content (AvgIpc) is 2.36. The number of halogens is 1. The molecule has 0 fully saturated rings. The van der Waals surface area contributed by atoms with Gasteiger partial charge in [-0.15, -0.1) is 11.8 Å². The van der Waals surface area contributed by atoms with Gasteiger partial charge in [-0.2, -0.15) is 0 Å². The van der Waals surface area contributed by atoms with Crippen LogP contribution < -0.4 is 0 Å². The molecule has 0 saturated heterocycles. The summed E-state index contributed by atoms with van der Waals surface area (Å²) < 4.78 is 0. The van der Waals surface area contributed by atoms with E-state index in [4.69, 9.17) is 11.6 Å². The lowest BCUT2D eigenvalue weighted by atomic mass is 10.7. The van der Waals surface area contributed by atoms with Crippen LogP contribution in [0.2, 0.25) is 0 Å². The summed E-state index contributed by atoms with van der Waals surface area (Å²) in [5.41, 5.74) is -1.13. The summed E-state index contributed by atoms with van der Waals surface area (Å²) >= 11 is 6.73. The van der Waals surface area contributed by atoms with Crippen molar-refractivity contribution >= 4 is 28.4 Å². The van der Waals surface area contributed by atoms with Gasteiger partial charge in [0.15, 0.2) is 5.04 Å². The molecular formula is C4H5ClN2O2S. The van der Waals surface area contributed by atoms with Crippen LogP contribution in [0.4, 0.5) is 0 Å². The molecule has 56 valence electrons. The number of aliphatic imine (C=N–C) groups is 1. The van der Waals surface area contributed by atoms with E-state index < -0.39 is 10.4 Å². The summed E-state index contributed by atoms with van der Waals surface area (Å²) in [6, 6.07) is 0. The molecule has 6 heteroatoms. The number of thioether (sulfide) groups is 1. The van der Waals surface area contributed by atoms with E-state index in [0.29, 0.717) is 11.6 Å². The van der Waals surface area contributed by atoms with E-state index in [1.807, 2.05) is 0 Å². The number of hydrogen-bond donors (Lipinski definition) is 0. The fourth-order valence-electron chi connectivity index (χ4n) is 0.586. The molecule has 0 spiro atoms. The lowest BCUT2D eigenvalue weighted by Gasteiger charge is -1.97. The van der Waals surface area contributed by atoms with Crippen molar-refractivity contribution in [3.8, 4) is 0 Å². The molecule has 0 aromatic rings. The largest absolute Gasteiger partial charge is 0.333 e. The molecule has 0 N–H and O–H groups in total. The maximum atomic E-state index is 10.1. The predicted molar refractivity (Wildman–Crippen MR) is 41.4 cm³/mol. The molecule has 0 radical (unpaired) electrons. The molecule has 1 rings (SSSR count). The van der Waals surface area contributed by atoms with Crippen LogP contribution in [0.15, 0.2) is 4.99 Å². The minimum Gasteiger partial charge on any atom is -0.274 e. The quantitative estimate of drug-likeness (QED) is 0.276. The normalized spacial score (nSPS) is 20.3. The second-order valence-corrected chi connectivity index (χ2v) is 3.22. The highest BCUT2D eigenvalue weighted by Crippen LogP contribution is 2.18. The van der Waals surface area contributed by atoms with Gasteiger partial charge in [0.2, 0.25) is 0 Å². The monoisotopic (exact) mass is 180 g/mol. The fraction of sp³-hybridized carbons (Fsp3) is 0.750. The van der Waals surface area contributed by atoms with Crippen LogP contribution in [0.5, 0.6) is 0 Å². The third-order valence-electron chi connectivity index (χ3n) is 0.998. The zero-order valence-electron chi connectivity index (χ0n) is 4.99. The maximum absolute atomic E-state index is 10.1. The molecule has 0 aliphatic carbocycles. The highest BCUT2D eigenvalue weighted by Gasteiger charge is 2.26. The Morgan fingerprint density at radius 3 is 3.00 bits per heavy atom. The molecule has 10 heavy (non-hydrogen) atoms. The van der Waals surface area contributed by atoms with Gasteiger partial charge in [0.05, 0.1) is 0 Å². The van der Waals surface area contributed by atoms with E-state index in [1.165, 1.54) is 11.8 Å². The summed E-state index contributed by atoms with van der Waals surface area (Å²) in [7, 11) is 0. The van der Waals surface area contributed by atoms with Gasteiger partial charge >= 0.3 is 5.50 Å². The van der Waals surface area contributed by atoms with Gasteiger partial charge in [0, 0.05) is 17.2 Å². The fourth-order valence-corrected chi connectivity index (χ4v) is 1.64. The van der Waals surface area contributed by atoms with Gasteiger partial charge in [-0.25, -0.2) is 0 Å². The SMILES string of the molecule is O=[N+]([O-])C(Cl)C1=NCCS1. The van der Waals surface area contributed by atoms with Crippen LogP contribution >= 0.6 is 23.4 Å². The Balaban J connectivity index is 2.55. The van der Waals surface area contributed by atoms with Crippen molar-refractivity contribution < 1.29 is 4.92 Å². The summed E-state index contributed by atoms with van der Waals surface area (Å²) in [6.07, 6.45) is 0. The average molecular weight is 181 g/mol. The second-order valence-electron chi connectivity index (χ2n) is 1.69. The number of nitro groups is 1. The Bertz CT molecular complexity index is 184. The number of rotatable bonds is 2. The van der Waals surface area contributed by atoms with Gasteiger partial charge < -0.3 is 0 Å². The molecule has 4 nitrogen and oxygen atoms in total. The molecule has 1 aliphatic rings. The predicted octanol–water partition coefficient (Wildman–Crippen LogP) is 0.973. The van der Waals surface area contributed by atoms with Crippen molar-refractivity contribution in [3.05, 3.63) is 10.1 Å². The summed E-state index contributed by atoms with van der Waals surface area (Å²) in [5, 5.41) is 10.5. The zero-order chi connectivity index (χ0) is 7.56. The van der Waals surface area contributed by atoms with Crippen LogP contribution in [0.25, 0.3) is 0 Å². The topological polar surface area (TPSA) is 55.5 Å². The second kappa shape index (κ2) is 3.21. The smallest absolute Gasteiger partial charge is 0.274 e. The lowest BCUT2D eigenvalue weighted by Crippen LogP contribution is -2.19.